The molecule has 35 heavy (non-hydrogen) atoms. The lowest BCUT2D eigenvalue weighted by atomic mass is 9.95. The number of thiazole rings is 1. The van der Waals surface area contributed by atoms with Crippen LogP contribution in [-0.4, -0.2) is 37.8 Å². The minimum Gasteiger partial charge on any atom is -0.497 e. The molecule has 0 aliphatic carbocycles. The van der Waals surface area contributed by atoms with Crippen molar-refractivity contribution in [3.63, 3.8) is 0 Å². The van der Waals surface area contributed by atoms with E-state index in [2.05, 4.69) is 23.7 Å². The Bertz CT molecular complexity index is 1430. The van der Waals surface area contributed by atoms with Crippen LogP contribution in [-0.2, 0) is 9.53 Å². The van der Waals surface area contributed by atoms with E-state index in [9.17, 15) is 9.59 Å². The maximum absolute atomic E-state index is 13.6. The zero-order chi connectivity index (χ0) is 25.1. The molecule has 7 nitrogen and oxygen atoms in total. The van der Waals surface area contributed by atoms with Crippen molar-refractivity contribution in [2.75, 3.05) is 32.2 Å². The van der Waals surface area contributed by atoms with Crippen LogP contribution in [0.4, 0.5) is 5.69 Å². The highest BCUT2D eigenvalue weighted by Crippen LogP contribution is 2.31. The number of methoxy groups -OCH3 is 2. The number of benzene rings is 2. The van der Waals surface area contributed by atoms with Gasteiger partial charge in [0.2, 0.25) is 0 Å². The Morgan fingerprint density at radius 2 is 1.74 bits per heavy atom. The second-order valence-corrected chi connectivity index (χ2v) is 9.12. The van der Waals surface area contributed by atoms with Crippen LogP contribution in [0, 0.1) is 0 Å². The maximum Gasteiger partial charge on any atom is 0.338 e. The predicted molar refractivity (Wildman–Crippen MR) is 139 cm³/mol. The van der Waals surface area contributed by atoms with Crippen LogP contribution in [0.25, 0.3) is 6.08 Å². The van der Waals surface area contributed by atoms with E-state index in [4.69, 9.17) is 9.47 Å². The Kier molecular flexibility index (Phi) is 7.21. The van der Waals surface area contributed by atoms with Crippen molar-refractivity contribution in [2.24, 2.45) is 4.99 Å². The van der Waals surface area contributed by atoms with Gasteiger partial charge in [0.25, 0.3) is 5.56 Å². The fourth-order valence-corrected chi connectivity index (χ4v) is 5.36. The Morgan fingerprint density at radius 3 is 2.31 bits per heavy atom. The van der Waals surface area contributed by atoms with E-state index in [0.29, 0.717) is 20.6 Å². The smallest absolute Gasteiger partial charge is 0.338 e. The predicted octanol–water partition coefficient (Wildman–Crippen LogP) is 3.26. The van der Waals surface area contributed by atoms with Gasteiger partial charge in [0.05, 0.1) is 36.1 Å². The summed E-state index contributed by atoms with van der Waals surface area (Å²) in [6, 6.07) is 14.9. The van der Waals surface area contributed by atoms with Gasteiger partial charge in [0.15, 0.2) is 4.80 Å². The van der Waals surface area contributed by atoms with Crippen molar-refractivity contribution in [3.8, 4) is 5.75 Å². The molecule has 0 saturated carbocycles. The maximum atomic E-state index is 13.6. The van der Waals surface area contributed by atoms with Gasteiger partial charge in [-0.15, -0.1) is 0 Å². The third-order valence-corrected chi connectivity index (χ3v) is 7.16. The molecule has 1 aromatic heterocycles. The number of carbonyl (C=O) groups excluding carboxylic acids is 1. The van der Waals surface area contributed by atoms with Gasteiger partial charge in [-0.3, -0.25) is 9.36 Å². The van der Waals surface area contributed by atoms with Gasteiger partial charge in [-0.05, 0) is 62.2 Å². The Morgan fingerprint density at radius 1 is 1.09 bits per heavy atom. The standard InChI is InChI=1S/C27H29N3O4S/c1-6-29(7-2)20-12-10-19(11-13-20)24-23(26(32)34-5)17(3)28-27-30(24)25(31)22(35-27)16-18-8-14-21(33-4)15-9-18/h8-16,24H,6-7H2,1-5H3/b22-16+/t24-/m1/s1. The van der Waals surface area contributed by atoms with Gasteiger partial charge < -0.3 is 14.4 Å². The fraction of sp³-hybridized carbons (Fsp3) is 0.296. The molecule has 2 aromatic carbocycles. The molecule has 1 atom stereocenters. The highest BCUT2D eigenvalue weighted by Gasteiger charge is 2.33. The van der Waals surface area contributed by atoms with Crippen LogP contribution < -0.4 is 24.5 Å². The van der Waals surface area contributed by atoms with Crippen LogP contribution in [0.15, 0.2) is 69.6 Å². The molecular weight excluding hydrogens is 462 g/mol. The van der Waals surface area contributed by atoms with Gasteiger partial charge >= 0.3 is 5.97 Å². The Hall–Kier alpha value is -3.65. The first-order valence-corrected chi connectivity index (χ1v) is 12.3. The first kappa shape index (κ1) is 24.5. The third kappa shape index (κ3) is 4.66. The van der Waals surface area contributed by atoms with E-state index in [1.807, 2.05) is 54.6 Å². The molecule has 0 N–H and O–H groups in total. The molecule has 0 fully saturated rings. The summed E-state index contributed by atoms with van der Waals surface area (Å²) in [6.45, 7) is 7.79. The number of fused-ring (bicyclic) bond motifs is 1. The lowest BCUT2D eigenvalue weighted by Crippen LogP contribution is -2.39. The summed E-state index contributed by atoms with van der Waals surface area (Å²) >= 11 is 1.31. The summed E-state index contributed by atoms with van der Waals surface area (Å²) in [7, 11) is 2.96. The van der Waals surface area contributed by atoms with E-state index in [1.54, 1.807) is 18.6 Å². The van der Waals surface area contributed by atoms with Crippen LogP contribution in [0.2, 0.25) is 0 Å². The molecule has 0 amide bonds. The number of carbonyl (C=O) groups is 1. The highest BCUT2D eigenvalue weighted by molar-refractivity contribution is 7.07. The highest BCUT2D eigenvalue weighted by atomic mass is 32.1. The zero-order valence-electron chi connectivity index (χ0n) is 20.6. The van der Waals surface area contributed by atoms with Crippen LogP contribution in [0.3, 0.4) is 0 Å². The second-order valence-electron chi connectivity index (χ2n) is 8.11. The van der Waals surface area contributed by atoms with Gasteiger partial charge in [-0.1, -0.05) is 35.6 Å². The van der Waals surface area contributed by atoms with Gasteiger partial charge in [-0.2, -0.15) is 0 Å². The van der Waals surface area contributed by atoms with Crippen molar-refractivity contribution >= 4 is 29.1 Å². The summed E-state index contributed by atoms with van der Waals surface area (Å²) in [6.07, 6.45) is 1.83. The van der Waals surface area contributed by atoms with E-state index in [-0.39, 0.29) is 5.56 Å². The molecule has 0 unspecified atom stereocenters. The SMILES string of the molecule is CCN(CC)c1ccc([C@@H]2C(C(=O)OC)=C(C)N=c3s/c(=C/c4ccc(OC)cc4)c(=O)n32)cc1. The van der Waals surface area contributed by atoms with E-state index in [0.717, 1.165) is 35.7 Å². The quantitative estimate of drug-likeness (QED) is 0.475. The number of anilines is 1. The monoisotopic (exact) mass is 491 g/mol. The molecule has 1 aliphatic rings. The van der Waals surface area contributed by atoms with Crippen LogP contribution >= 0.6 is 11.3 Å². The van der Waals surface area contributed by atoms with Crippen molar-refractivity contribution in [2.45, 2.75) is 26.8 Å². The third-order valence-electron chi connectivity index (χ3n) is 6.18. The van der Waals surface area contributed by atoms with Crippen LogP contribution in [0.1, 0.15) is 37.9 Å². The minimum absolute atomic E-state index is 0.198. The van der Waals surface area contributed by atoms with Gasteiger partial charge in [0.1, 0.15) is 5.75 Å². The lowest BCUT2D eigenvalue weighted by molar-refractivity contribution is -0.136. The number of nitrogens with zero attached hydrogens (tertiary/aromatic N) is 3. The Balaban J connectivity index is 1.88. The molecule has 0 bridgehead atoms. The number of hydrogen-bond acceptors (Lipinski definition) is 7. The summed E-state index contributed by atoms with van der Waals surface area (Å²) < 4.78 is 12.5. The molecule has 4 rings (SSSR count). The average molecular weight is 492 g/mol. The molecule has 182 valence electrons. The minimum atomic E-state index is -0.623. The zero-order valence-corrected chi connectivity index (χ0v) is 21.4. The lowest BCUT2D eigenvalue weighted by Gasteiger charge is -2.26. The number of esters is 1. The van der Waals surface area contributed by atoms with E-state index in [1.165, 1.54) is 18.4 Å². The number of ether oxygens (including phenoxy) is 2. The number of hydrogen-bond donors (Lipinski definition) is 0. The average Bonchev–Trinajstić information content (AvgIpc) is 3.18. The van der Waals surface area contributed by atoms with Crippen LogP contribution in [0.5, 0.6) is 5.75 Å². The summed E-state index contributed by atoms with van der Waals surface area (Å²) in [4.78, 5) is 33.9. The van der Waals surface area contributed by atoms with Gasteiger partial charge in [0, 0.05) is 18.8 Å². The number of aromatic nitrogens is 1. The summed E-state index contributed by atoms with van der Waals surface area (Å²) in [5.74, 6) is 0.253. The van der Waals surface area contributed by atoms with Gasteiger partial charge in [-0.25, -0.2) is 9.79 Å². The normalized spacial score (nSPS) is 15.5. The molecule has 3 aromatic rings. The molecular formula is C27H29N3O4S. The van der Waals surface area contributed by atoms with Crippen molar-refractivity contribution in [3.05, 3.63) is 90.6 Å². The van der Waals surface area contributed by atoms with Crippen molar-refractivity contribution < 1.29 is 14.3 Å². The van der Waals surface area contributed by atoms with Crippen molar-refractivity contribution in [1.29, 1.82) is 0 Å². The topological polar surface area (TPSA) is 73.1 Å². The summed E-state index contributed by atoms with van der Waals surface area (Å²) in [5.41, 5.74) is 3.51. The molecule has 0 saturated heterocycles. The van der Waals surface area contributed by atoms with E-state index < -0.39 is 12.0 Å². The molecule has 8 heteroatoms. The number of allylic oxidation sites excluding steroid dienone is 1. The first-order valence-electron chi connectivity index (χ1n) is 11.5. The first-order chi connectivity index (χ1) is 16.9. The molecule has 1 aliphatic heterocycles. The molecule has 0 spiro atoms. The fourth-order valence-electron chi connectivity index (χ4n) is 4.32. The summed E-state index contributed by atoms with van der Waals surface area (Å²) in [5, 5.41) is 0. The largest absolute Gasteiger partial charge is 0.497 e. The van der Waals surface area contributed by atoms with Crippen molar-refractivity contribution in [1.82, 2.24) is 4.57 Å². The molecule has 2 heterocycles. The number of rotatable bonds is 7. The van der Waals surface area contributed by atoms with E-state index >= 15 is 0 Å². The Labute approximate surface area is 208 Å². The molecule has 0 radical (unpaired) electrons. The second kappa shape index (κ2) is 10.3.